The zero-order chi connectivity index (χ0) is 21.6. The number of aromatic nitrogens is 1. The molecule has 1 aliphatic carbocycles. The van der Waals surface area contributed by atoms with Crippen molar-refractivity contribution in [1.82, 2.24) is 14.8 Å². The van der Waals surface area contributed by atoms with E-state index in [1.165, 1.54) is 12.8 Å². The first-order valence-corrected chi connectivity index (χ1v) is 12.1. The molecule has 3 aromatic heterocycles. The van der Waals surface area contributed by atoms with Gasteiger partial charge in [0.05, 0.1) is 18.6 Å². The molecule has 1 fully saturated rings. The Morgan fingerprint density at radius 2 is 2.03 bits per heavy atom. The number of thiophene rings is 1. The summed E-state index contributed by atoms with van der Waals surface area (Å²) in [4.78, 5) is 30.2. The molecule has 2 amide bonds. The molecule has 1 aliphatic heterocycles. The molecule has 1 atom stereocenters. The summed E-state index contributed by atoms with van der Waals surface area (Å²) >= 11 is 1.61. The molecule has 4 heterocycles. The summed E-state index contributed by atoms with van der Waals surface area (Å²) in [5, 5.41) is 5.31. The number of aryl methyl sites for hydroxylation is 1. The van der Waals surface area contributed by atoms with E-state index >= 15 is 0 Å². The highest BCUT2D eigenvalue weighted by Crippen LogP contribution is 2.35. The lowest BCUT2D eigenvalue weighted by Crippen LogP contribution is -2.64. The quantitative estimate of drug-likeness (QED) is 0.591. The molecule has 0 aromatic carbocycles. The highest BCUT2D eigenvalue weighted by atomic mass is 32.1. The maximum atomic E-state index is 13.7. The number of nitrogens with one attached hydrogen (secondary N) is 1. The predicted octanol–water partition coefficient (Wildman–Crippen LogP) is 4.86. The molecular weight excluding hydrogens is 410 g/mol. The van der Waals surface area contributed by atoms with Crippen molar-refractivity contribution in [2.24, 2.45) is 0 Å². The van der Waals surface area contributed by atoms with Crippen LogP contribution >= 0.6 is 11.3 Å². The summed E-state index contributed by atoms with van der Waals surface area (Å²) in [6.45, 7) is 4.65. The second kappa shape index (κ2) is 7.86. The van der Waals surface area contributed by atoms with Crippen LogP contribution in [0.15, 0.2) is 34.1 Å². The van der Waals surface area contributed by atoms with Crippen LogP contribution in [0.1, 0.15) is 66.6 Å². The molecule has 0 saturated heterocycles. The molecule has 0 bridgehead atoms. The second-order valence-corrected chi connectivity index (χ2v) is 10.2. The molecule has 164 valence electrons. The van der Waals surface area contributed by atoms with Crippen LogP contribution in [0.25, 0.3) is 11.1 Å². The first-order chi connectivity index (χ1) is 15.0. The van der Waals surface area contributed by atoms with Crippen molar-refractivity contribution < 1.29 is 14.0 Å². The van der Waals surface area contributed by atoms with Crippen molar-refractivity contribution in [3.8, 4) is 0 Å². The fraction of sp³-hybridized carbons (Fsp3) is 0.500. The van der Waals surface area contributed by atoms with Gasteiger partial charge in [-0.1, -0.05) is 31.7 Å². The van der Waals surface area contributed by atoms with E-state index in [1.54, 1.807) is 16.2 Å². The Kier molecular flexibility index (Phi) is 5.16. The first kappa shape index (κ1) is 20.4. The standard InChI is InChI=1S/C24H29N3O3S/c1-16-12-19-21(30-16)13-20-22(28)27(14-18-10-7-11-31-18)24(2,15-26(19)20)23(29)25-17-8-5-3-4-6-9-17/h7,10-13,17H,3-6,8-9,14-15H2,1-2H3,(H,25,29). The number of hydrogen-bond donors (Lipinski definition) is 1. The zero-order valence-electron chi connectivity index (χ0n) is 18.1. The first-order valence-electron chi connectivity index (χ1n) is 11.2. The molecule has 6 nitrogen and oxygen atoms in total. The average Bonchev–Trinajstić information content (AvgIpc) is 3.39. The number of amides is 2. The van der Waals surface area contributed by atoms with E-state index in [1.807, 2.05) is 48.1 Å². The maximum absolute atomic E-state index is 13.7. The molecule has 0 radical (unpaired) electrons. The summed E-state index contributed by atoms with van der Waals surface area (Å²) < 4.78 is 7.75. The molecule has 1 saturated carbocycles. The predicted molar refractivity (Wildman–Crippen MR) is 121 cm³/mol. The third kappa shape index (κ3) is 3.59. The Labute approximate surface area is 186 Å². The van der Waals surface area contributed by atoms with Crippen molar-refractivity contribution in [3.05, 3.63) is 46.0 Å². The third-order valence-electron chi connectivity index (χ3n) is 6.81. The number of nitrogens with zero attached hydrogens (tertiary/aromatic N) is 2. The zero-order valence-corrected chi connectivity index (χ0v) is 19.0. The number of rotatable bonds is 4. The molecule has 3 aromatic rings. The molecule has 7 heteroatoms. The van der Waals surface area contributed by atoms with E-state index < -0.39 is 5.54 Å². The second-order valence-electron chi connectivity index (χ2n) is 9.13. The van der Waals surface area contributed by atoms with Gasteiger partial charge in [-0.05, 0) is 38.1 Å². The van der Waals surface area contributed by atoms with Gasteiger partial charge in [-0.3, -0.25) is 9.59 Å². The van der Waals surface area contributed by atoms with Gasteiger partial charge in [0, 0.05) is 23.1 Å². The van der Waals surface area contributed by atoms with E-state index in [9.17, 15) is 9.59 Å². The lowest BCUT2D eigenvalue weighted by Gasteiger charge is -2.44. The fourth-order valence-electron chi connectivity index (χ4n) is 5.03. The van der Waals surface area contributed by atoms with Crippen LogP contribution in [0.5, 0.6) is 0 Å². The van der Waals surface area contributed by atoms with Crippen molar-refractivity contribution in [1.29, 1.82) is 0 Å². The van der Waals surface area contributed by atoms with Crippen LogP contribution in [0, 0.1) is 6.92 Å². The fourth-order valence-corrected chi connectivity index (χ4v) is 5.72. The Morgan fingerprint density at radius 1 is 1.26 bits per heavy atom. The minimum Gasteiger partial charge on any atom is -0.460 e. The molecule has 31 heavy (non-hydrogen) atoms. The third-order valence-corrected chi connectivity index (χ3v) is 7.67. The van der Waals surface area contributed by atoms with E-state index in [0.717, 1.165) is 41.8 Å². The molecule has 1 N–H and O–H groups in total. The van der Waals surface area contributed by atoms with E-state index in [2.05, 4.69) is 5.32 Å². The van der Waals surface area contributed by atoms with Crippen molar-refractivity contribution in [3.63, 3.8) is 0 Å². The van der Waals surface area contributed by atoms with Crippen LogP contribution in [-0.4, -0.2) is 32.9 Å². The normalized spacial score (nSPS) is 22.5. The van der Waals surface area contributed by atoms with Gasteiger partial charge in [0.15, 0.2) is 5.58 Å². The Bertz CT molecular complexity index is 1100. The molecule has 2 aliphatic rings. The monoisotopic (exact) mass is 439 g/mol. The van der Waals surface area contributed by atoms with E-state index in [-0.39, 0.29) is 17.9 Å². The van der Waals surface area contributed by atoms with Crippen molar-refractivity contribution in [2.75, 3.05) is 0 Å². The minimum atomic E-state index is -0.975. The van der Waals surface area contributed by atoms with E-state index in [0.29, 0.717) is 24.4 Å². The summed E-state index contributed by atoms with van der Waals surface area (Å²) in [5.74, 6) is 0.623. The number of fused-ring (bicyclic) bond motifs is 3. The number of hydrogen-bond acceptors (Lipinski definition) is 4. The van der Waals surface area contributed by atoms with Gasteiger partial charge in [-0.2, -0.15) is 0 Å². The number of carbonyl (C=O) groups is 2. The van der Waals surface area contributed by atoms with Gasteiger partial charge >= 0.3 is 0 Å². The van der Waals surface area contributed by atoms with Gasteiger partial charge in [-0.25, -0.2) is 0 Å². The Hall–Kier alpha value is -2.54. The van der Waals surface area contributed by atoms with Gasteiger partial charge in [-0.15, -0.1) is 11.3 Å². The summed E-state index contributed by atoms with van der Waals surface area (Å²) in [6.07, 6.45) is 6.79. The van der Waals surface area contributed by atoms with Crippen LogP contribution in [0.2, 0.25) is 0 Å². The Balaban J connectivity index is 1.52. The molecule has 5 rings (SSSR count). The Morgan fingerprint density at radius 3 is 2.74 bits per heavy atom. The summed E-state index contributed by atoms with van der Waals surface area (Å²) in [7, 11) is 0. The number of carbonyl (C=O) groups excluding carboxylic acids is 2. The molecule has 0 spiro atoms. The van der Waals surface area contributed by atoms with Gasteiger partial charge in [0.2, 0.25) is 5.91 Å². The van der Waals surface area contributed by atoms with Crippen LogP contribution in [0.3, 0.4) is 0 Å². The van der Waals surface area contributed by atoms with Crippen LogP contribution in [-0.2, 0) is 17.9 Å². The summed E-state index contributed by atoms with van der Waals surface area (Å²) in [6, 6.07) is 7.95. The topological polar surface area (TPSA) is 67.5 Å². The highest BCUT2D eigenvalue weighted by molar-refractivity contribution is 7.09. The van der Waals surface area contributed by atoms with E-state index in [4.69, 9.17) is 4.42 Å². The van der Waals surface area contributed by atoms with Crippen LogP contribution < -0.4 is 5.32 Å². The van der Waals surface area contributed by atoms with Gasteiger partial charge < -0.3 is 19.2 Å². The highest BCUT2D eigenvalue weighted by Gasteiger charge is 2.48. The van der Waals surface area contributed by atoms with Gasteiger partial charge in [0.25, 0.3) is 5.91 Å². The summed E-state index contributed by atoms with van der Waals surface area (Å²) in [5.41, 5.74) is 1.19. The van der Waals surface area contributed by atoms with Crippen LogP contribution in [0.4, 0.5) is 0 Å². The lowest BCUT2D eigenvalue weighted by atomic mass is 9.93. The number of furan rings is 1. The maximum Gasteiger partial charge on any atom is 0.271 e. The molecule has 1 unspecified atom stereocenters. The van der Waals surface area contributed by atoms with Crippen molar-refractivity contribution in [2.45, 2.75) is 77.0 Å². The largest absolute Gasteiger partial charge is 0.460 e. The molecular formula is C24H29N3O3S. The van der Waals surface area contributed by atoms with Crippen molar-refractivity contribution >= 4 is 34.3 Å². The smallest absolute Gasteiger partial charge is 0.271 e. The minimum absolute atomic E-state index is 0.0583. The van der Waals surface area contributed by atoms with Gasteiger partial charge in [0.1, 0.15) is 17.0 Å². The lowest BCUT2D eigenvalue weighted by molar-refractivity contribution is -0.134. The average molecular weight is 440 g/mol. The SMILES string of the molecule is Cc1cc2c(cc3n2CC(C)(C(=O)NC2CCCCCC2)N(Cc2cccs2)C3=O)o1.